The lowest BCUT2D eigenvalue weighted by molar-refractivity contribution is 0.195. The van der Waals surface area contributed by atoms with Gasteiger partial charge in [-0.2, -0.15) is 0 Å². The van der Waals surface area contributed by atoms with Gasteiger partial charge in [0.15, 0.2) is 0 Å². The van der Waals surface area contributed by atoms with E-state index in [-0.39, 0.29) is 16.9 Å². The predicted octanol–water partition coefficient (Wildman–Crippen LogP) is 8.34. The van der Waals surface area contributed by atoms with Crippen LogP contribution in [-0.2, 0) is 21.7 Å². The van der Waals surface area contributed by atoms with Gasteiger partial charge in [-0.05, 0) is 73.6 Å². The summed E-state index contributed by atoms with van der Waals surface area (Å²) in [4.78, 5) is 0. The van der Waals surface area contributed by atoms with Crippen LogP contribution in [0.4, 0.5) is 0 Å². The van der Waals surface area contributed by atoms with Gasteiger partial charge in [0.2, 0.25) is 0 Å². The Kier molecular flexibility index (Phi) is 9.29. The Morgan fingerprint density at radius 2 is 0.932 bits per heavy atom. The van der Waals surface area contributed by atoms with Crippen molar-refractivity contribution in [1.82, 2.24) is 0 Å². The fourth-order valence-corrected chi connectivity index (χ4v) is 10.2. The van der Waals surface area contributed by atoms with Crippen molar-refractivity contribution in [3.05, 3.63) is 156 Å². The second-order valence-electron chi connectivity index (χ2n) is 13.9. The van der Waals surface area contributed by atoms with Crippen LogP contribution < -0.4 is 15.6 Å². The van der Waals surface area contributed by atoms with Crippen LogP contribution in [0.5, 0.6) is 5.75 Å². The third-order valence-electron chi connectivity index (χ3n) is 8.52. The van der Waals surface area contributed by atoms with Crippen molar-refractivity contribution in [2.24, 2.45) is 0 Å². The molecule has 0 bridgehead atoms. The lowest BCUT2D eigenvalue weighted by Crippen LogP contribution is -2.69. The minimum absolute atomic E-state index is 0.217. The fraction of sp³-hybridized carbons (Fsp3) is 0.268. The van der Waals surface area contributed by atoms with E-state index in [2.05, 4.69) is 175 Å². The maximum Gasteiger partial charge on any atom is 0.288 e. The molecule has 5 aromatic rings. The predicted molar refractivity (Wildman–Crippen MR) is 188 cm³/mol. The molecule has 44 heavy (non-hydrogen) atoms. The van der Waals surface area contributed by atoms with Gasteiger partial charge in [-0.1, -0.05) is 163 Å². The van der Waals surface area contributed by atoms with Crippen molar-refractivity contribution in [3.8, 4) is 5.75 Å². The highest BCUT2D eigenvalue weighted by molar-refractivity contribution is 7.07. The molecule has 2 nitrogen and oxygen atoms in total. The fourth-order valence-electron chi connectivity index (χ4n) is 6.16. The number of hydrogen-bond donors (Lipinski definition) is 1. The molecule has 3 heteroatoms. The van der Waals surface area contributed by atoms with Crippen molar-refractivity contribution < 1.29 is 9.53 Å². The van der Waals surface area contributed by atoms with Gasteiger partial charge in [-0.25, -0.2) is 0 Å². The molecule has 1 atom stereocenters. The van der Waals surface area contributed by atoms with Crippen LogP contribution in [0.1, 0.15) is 76.3 Å². The number of aryl methyl sites for hydroxylation is 1. The van der Waals surface area contributed by atoms with Crippen LogP contribution in [0.2, 0.25) is 0 Å². The Labute approximate surface area is 265 Å². The van der Waals surface area contributed by atoms with Gasteiger partial charge >= 0.3 is 0 Å². The Morgan fingerprint density at radius 3 is 1.30 bits per heavy atom. The van der Waals surface area contributed by atoms with Gasteiger partial charge in [0, 0.05) is 0 Å². The number of benzene rings is 5. The summed E-state index contributed by atoms with van der Waals surface area (Å²) in [6, 6.07) is 47.5. The first-order valence-electron chi connectivity index (χ1n) is 15.8. The summed E-state index contributed by atoms with van der Waals surface area (Å²) in [5, 5.41) is 15.3. The monoisotopic (exact) mass is 598 g/mol. The zero-order valence-electron chi connectivity index (χ0n) is 27.0. The number of aromatic hydroxyl groups is 1. The van der Waals surface area contributed by atoms with E-state index in [1.807, 2.05) is 0 Å². The van der Waals surface area contributed by atoms with Crippen molar-refractivity contribution in [2.45, 2.75) is 71.3 Å². The van der Waals surface area contributed by atoms with Crippen molar-refractivity contribution in [3.63, 3.8) is 0 Å². The summed E-state index contributed by atoms with van der Waals surface area (Å²) in [6.07, 6.45) is 1.47. The average molecular weight is 599 g/mol. The first-order chi connectivity index (χ1) is 21.0. The van der Waals surface area contributed by atoms with E-state index in [0.717, 1.165) is 29.5 Å². The molecule has 5 rings (SSSR count). The molecule has 5 aromatic carbocycles. The van der Waals surface area contributed by atoms with Crippen LogP contribution >= 0.6 is 0 Å². The van der Waals surface area contributed by atoms with Crippen LogP contribution in [-0.4, -0.2) is 13.4 Å². The van der Waals surface area contributed by atoms with E-state index >= 15 is 0 Å². The third-order valence-corrected chi connectivity index (χ3v) is 12.6. The van der Waals surface area contributed by atoms with Gasteiger partial charge in [0.25, 0.3) is 8.32 Å². The van der Waals surface area contributed by atoms with Crippen LogP contribution in [0.25, 0.3) is 0 Å². The molecule has 0 aliphatic carbocycles. The summed E-state index contributed by atoms with van der Waals surface area (Å²) < 4.78 is 7.84. The van der Waals surface area contributed by atoms with Gasteiger partial charge < -0.3 is 9.53 Å². The molecular formula is C41H46O2Si. The van der Waals surface area contributed by atoms with E-state index in [4.69, 9.17) is 4.43 Å². The highest BCUT2D eigenvalue weighted by Crippen LogP contribution is 2.42. The van der Waals surface area contributed by atoms with Gasteiger partial charge in [-0.15, -0.1) is 0 Å². The Balaban J connectivity index is 1.77. The maximum absolute atomic E-state index is 11.6. The summed E-state index contributed by atoms with van der Waals surface area (Å²) in [6.45, 7) is 13.1. The quantitative estimate of drug-likeness (QED) is 0.137. The highest BCUT2D eigenvalue weighted by atomic mass is 28.4. The van der Waals surface area contributed by atoms with Gasteiger partial charge in [0.05, 0.1) is 6.10 Å². The second-order valence-corrected chi connectivity index (χ2v) is 17.2. The smallest absolute Gasteiger partial charge is 0.288 e. The van der Waals surface area contributed by atoms with E-state index in [1.165, 1.54) is 21.1 Å². The zero-order valence-corrected chi connectivity index (χ0v) is 28.0. The topological polar surface area (TPSA) is 29.5 Å². The Bertz CT molecular complexity index is 1500. The standard InChI is InChI=1S/C41H46O2Si/c1-40(2,3)36-29-32(30-37(39(36)42)41(4,5)6)38(28-27-31-19-11-7-12-20-31)43-44(33-21-13-8-14-22-33,34-23-15-9-16-24-34)35-25-17-10-18-26-35/h7-26,29-30,38,42H,27-28H2,1-6H3. The zero-order chi connectivity index (χ0) is 31.4. The molecule has 0 aromatic heterocycles. The molecule has 0 amide bonds. The normalized spacial score (nSPS) is 13.0. The molecule has 0 heterocycles. The van der Waals surface area contributed by atoms with Crippen LogP contribution in [0.15, 0.2) is 133 Å². The Hall–Kier alpha value is -3.92. The first-order valence-corrected chi connectivity index (χ1v) is 17.7. The molecule has 0 aliphatic heterocycles. The van der Waals surface area contributed by atoms with Crippen molar-refractivity contribution in [1.29, 1.82) is 0 Å². The molecule has 0 fully saturated rings. The van der Waals surface area contributed by atoms with E-state index < -0.39 is 8.32 Å². The number of phenolic OH excluding ortho intramolecular Hbond substituents is 1. The highest BCUT2D eigenvalue weighted by Gasteiger charge is 2.44. The minimum Gasteiger partial charge on any atom is -0.507 e. The average Bonchev–Trinajstić information content (AvgIpc) is 3.02. The molecule has 1 unspecified atom stereocenters. The third kappa shape index (κ3) is 6.75. The van der Waals surface area contributed by atoms with Crippen LogP contribution in [0.3, 0.4) is 0 Å². The van der Waals surface area contributed by atoms with Gasteiger partial charge in [0.1, 0.15) is 5.75 Å². The van der Waals surface area contributed by atoms with E-state index in [0.29, 0.717) is 5.75 Å². The van der Waals surface area contributed by atoms with Crippen molar-refractivity contribution >= 4 is 23.9 Å². The molecule has 0 spiro atoms. The number of hydrogen-bond acceptors (Lipinski definition) is 2. The minimum atomic E-state index is -3.01. The van der Waals surface area contributed by atoms with Crippen LogP contribution in [0, 0.1) is 0 Å². The largest absolute Gasteiger partial charge is 0.507 e. The lowest BCUT2D eigenvalue weighted by Gasteiger charge is -2.38. The molecule has 0 radical (unpaired) electrons. The van der Waals surface area contributed by atoms with E-state index in [1.54, 1.807) is 0 Å². The summed E-state index contributed by atoms with van der Waals surface area (Å²) in [7, 11) is -3.01. The maximum atomic E-state index is 11.6. The van der Waals surface area contributed by atoms with Gasteiger partial charge in [-0.3, -0.25) is 0 Å². The summed E-state index contributed by atoms with van der Waals surface area (Å²) >= 11 is 0. The number of phenols is 1. The SMILES string of the molecule is CC(C)(C)c1cc(C(CCc2ccccc2)O[Si](c2ccccc2)(c2ccccc2)c2ccccc2)cc(C(C)(C)C)c1O. The molecule has 0 aliphatic rings. The molecule has 0 saturated carbocycles. The molecule has 0 saturated heterocycles. The summed E-state index contributed by atoms with van der Waals surface area (Å²) in [5.74, 6) is 0.397. The molecule has 1 N–H and O–H groups in total. The van der Waals surface area contributed by atoms with Crippen molar-refractivity contribution in [2.75, 3.05) is 0 Å². The first kappa shape index (κ1) is 31.5. The number of rotatable bonds is 9. The summed E-state index contributed by atoms with van der Waals surface area (Å²) in [5.41, 5.74) is 3.85. The Morgan fingerprint density at radius 1 is 0.568 bits per heavy atom. The lowest BCUT2D eigenvalue weighted by atomic mass is 9.77. The van der Waals surface area contributed by atoms with E-state index in [9.17, 15) is 5.11 Å². The molecule has 226 valence electrons. The molecular weight excluding hydrogens is 553 g/mol. The second kappa shape index (κ2) is 13.0.